The van der Waals surface area contributed by atoms with Gasteiger partial charge in [-0.05, 0) is 30.4 Å². The summed E-state index contributed by atoms with van der Waals surface area (Å²) >= 11 is 0. The molecular formula is C16H16F3NO3. The maximum atomic E-state index is 13.0. The molecule has 0 bridgehead atoms. The van der Waals surface area contributed by atoms with Gasteiger partial charge in [-0.25, -0.2) is 0 Å². The van der Waals surface area contributed by atoms with Crippen molar-refractivity contribution in [3.63, 3.8) is 0 Å². The highest BCUT2D eigenvalue weighted by Gasteiger charge is 2.50. The maximum Gasteiger partial charge on any atom is 0.416 e. The Kier molecular flexibility index (Phi) is 3.82. The molecular weight excluding hydrogens is 311 g/mol. The molecule has 1 aliphatic heterocycles. The molecule has 23 heavy (non-hydrogen) atoms. The molecule has 1 saturated heterocycles. The molecule has 0 aromatic heterocycles. The second-order valence-electron chi connectivity index (χ2n) is 6.14. The first kappa shape index (κ1) is 15.8. The van der Waals surface area contributed by atoms with Gasteiger partial charge in [0.05, 0.1) is 11.5 Å². The summed E-state index contributed by atoms with van der Waals surface area (Å²) in [5.74, 6) is -2.63. The van der Waals surface area contributed by atoms with Gasteiger partial charge in [0.15, 0.2) is 0 Å². The molecule has 7 heteroatoms. The number of likely N-dealkylation sites (tertiary alicyclic amines) is 1. The van der Waals surface area contributed by atoms with E-state index in [1.54, 1.807) is 6.07 Å². The van der Waals surface area contributed by atoms with Crippen LogP contribution in [0.2, 0.25) is 0 Å². The molecule has 0 spiro atoms. The zero-order valence-electron chi connectivity index (χ0n) is 12.2. The lowest BCUT2D eigenvalue weighted by Gasteiger charge is -2.17. The number of aliphatic carboxylic acids is 1. The van der Waals surface area contributed by atoms with Gasteiger partial charge in [-0.1, -0.05) is 18.2 Å². The summed E-state index contributed by atoms with van der Waals surface area (Å²) in [4.78, 5) is 24.8. The fourth-order valence-electron chi connectivity index (χ4n) is 3.29. The number of carboxylic acid groups (broad SMARTS) is 1. The number of hydrogen-bond acceptors (Lipinski definition) is 2. The Hall–Kier alpha value is -2.05. The third-order valence-corrected chi connectivity index (χ3v) is 4.62. The topological polar surface area (TPSA) is 57.6 Å². The van der Waals surface area contributed by atoms with E-state index in [1.165, 1.54) is 17.0 Å². The van der Waals surface area contributed by atoms with Gasteiger partial charge < -0.3 is 10.0 Å². The van der Waals surface area contributed by atoms with Crippen molar-refractivity contribution in [2.24, 2.45) is 11.8 Å². The Bertz CT molecular complexity index is 644. The van der Waals surface area contributed by atoms with E-state index >= 15 is 0 Å². The standard InChI is InChI=1S/C16H16F3NO3/c17-16(18,19)13-4-2-1-3-10(13)11-7-12(11)14(21)20-6-5-9(8-20)15(22)23/h1-4,9,11-12H,5-8H2,(H,22,23)/t9-,11-,12-/m1/s1. The van der Waals surface area contributed by atoms with Crippen molar-refractivity contribution in [1.82, 2.24) is 4.90 Å². The van der Waals surface area contributed by atoms with Crippen LogP contribution >= 0.6 is 0 Å². The zero-order chi connectivity index (χ0) is 16.8. The van der Waals surface area contributed by atoms with Gasteiger partial charge in [-0.15, -0.1) is 0 Å². The van der Waals surface area contributed by atoms with Gasteiger partial charge >= 0.3 is 12.1 Å². The molecule has 1 saturated carbocycles. The highest BCUT2D eigenvalue weighted by atomic mass is 19.4. The number of amides is 1. The van der Waals surface area contributed by atoms with Crippen LogP contribution in [-0.2, 0) is 15.8 Å². The van der Waals surface area contributed by atoms with Crippen molar-refractivity contribution < 1.29 is 27.9 Å². The molecule has 1 aromatic carbocycles. The minimum absolute atomic E-state index is 0.151. The van der Waals surface area contributed by atoms with Gasteiger partial charge in [0.2, 0.25) is 5.91 Å². The predicted octanol–water partition coefficient (Wildman–Crippen LogP) is 2.74. The van der Waals surface area contributed by atoms with Gasteiger partial charge in [-0.3, -0.25) is 9.59 Å². The Morgan fingerprint density at radius 2 is 1.91 bits per heavy atom. The van der Waals surface area contributed by atoms with E-state index in [-0.39, 0.29) is 18.0 Å². The second kappa shape index (κ2) is 5.54. The number of halogens is 3. The van der Waals surface area contributed by atoms with E-state index in [9.17, 15) is 22.8 Å². The third-order valence-electron chi connectivity index (χ3n) is 4.62. The average molecular weight is 327 g/mol. The Balaban J connectivity index is 1.71. The number of alkyl halides is 3. The molecule has 0 unspecified atom stereocenters. The first-order chi connectivity index (χ1) is 10.8. The van der Waals surface area contributed by atoms with Crippen LogP contribution in [0.25, 0.3) is 0 Å². The monoisotopic (exact) mass is 327 g/mol. The summed E-state index contributed by atoms with van der Waals surface area (Å²) in [7, 11) is 0. The molecule has 124 valence electrons. The molecule has 3 atom stereocenters. The fraction of sp³-hybridized carbons (Fsp3) is 0.500. The number of carboxylic acids is 1. The van der Waals surface area contributed by atoms with Gasteiger partial charge in [0, 0.05) is 19.0 Å². The maximum absolute atomic E-state index is 13.0. The summed E-state index contributed by atoms with van der Waals surface area (Å²) in [6.07, 6.45) is -3.65. The molecule has 2 fully saturated rings. The highest BCUT2D eigenvalue weighted by Crippen LogP contribution is 2.52. The number of nitrogens with zero attached hydrogens (tertiary/aromatic N) is 1. The molecule has 1 N–H and O–H groups in total. The lowest BCUT2D eigenvalue weighted by atomic mass is 10.0. The zero-order valence-corrected chi connectivity index (χ0v) is 12.2. The number of carbonyl (C=O) groups excluding carboxylic acids is 1. The SMILES string of the molecule is O=C(O)[C@@H]1CCN(C(=O)[C@@H]2C[C@@H]2c2ccccc2C(F)(F)F)C1. The van der Waals surface area contributed by atoms with Crippen LogP contribution in [0, 0.1) is 11.8 Å². The van der Waals surface area contributed by atoms with Crippen molar-refractivity contribution in [3.05, 3.63) is 35.4 Å². The highest BCUT2D eigenvalue weighted by molar-refractivity contribution is 5.84. The Morgan fingerprint density at radius 1 is 1.22 bits per heavy atom. The summed E-state index contributed by atoms with van der Waals surface area (Å²) in [6, 6.07) is 5.33. The largest absolute Gasteiger partial charge is 0.481 e. The van der Waals surface area contributed by atoms with Crippen molar-refractivity contribution in [2.75, 3.05) is 13.1 Å². The summed E-state index contributed by atoms with van der Waals surface area (Å²) in [6.45, 7) is 0.512. The van der Waals surface area contributed by atoms with Crippen LogP contribution in [-0.4, -0.2) is 35.0 Å². The third kappa shape index (κ3) is 3.04. The first-order valence-corrected chi connectivity index (χ1v) is 7.46. The Labute approximate surface area is 130 Å². The number of carbonyl (C=O) groups is 2. The molecule has 1 aliphatic carbocycles. The minimum Gasteiger partial charge on any atom is -0.481 e. The summed E-state index contributed by atoms with van der Waals surface area (Å²) in [5.41, 5.74) is -0.530. The molecule has 1 heterocycles. The minimum atomic E-state index is -4.44. The number of benzene rings is 1. The average Bonchev–Trinajstić information content (AvgIpc) is 3.12. The lowest BCUT2D eigenvalue weighted by Crippen LogP contribution is -2.31. The van der Waals surface area contributed by atoms with Crippen molar-refractivity contribution in [1.29, 1.82) is 0 Å². The van der Waals surface area contributed by atoms with Crippen LogP contribution in [0.1, 0.15) is 29.9 Å². The van der Waals surface area contributed by atoms with E-state index in [0.717, 1.165) is 6.07 Å². The molecule has 4 nitrogen and oxygen atoms in total. The van der Waals surface area contributed by atoms with Crippen molar-refractivity contribution in [3.8, 4) is 0 Å². The molecule has 0 radical (unpaired) electrons. The van der Waals surface area contributed by atoms with Crippen LogP contribution in [0.5, 0.6) is 0 Å². The predicted molar refractivity (Wildman–Crippen MR) is 74.6 cm³/mol. The molecule has 3 rings (SSSR count). The van der Waals surface area contributed by atoms with Crippen LogP contribution in [0.4, 0.5) is 13.2 Å². The quantitative estimate of drug-likeness (QED) is 0.929. The van der Waals surface area contributed by atoms with Gasteiger partial charge in [0.25, 0.3) is 0 Å². The van der Waals surface area contributed by atoms with Gasteiger partial charge in [-0.2, -0.15) is 13.2 Å². The van der Waals surface area contributed by atoms with E-state index in [4.69, 9.17) is 5.11 Å². The second-order valence-corrected chi connectivity index (χ2v) is 6.14. The fourth-order valence-corrected chi connectivity index (χ4v) is 3.29. The number of rotatable bonds is 3. The van der Waals surface area contributed by atoms with Crippen molar-refractivity contribution in [2.45, 2.75) is 24.9 Å². The van der Waals surface area contributed by atoms with E-state index in [0.29, 0.717) is 19.4 Å². The van der Waals surface area contributed by atoms with Crippen LogP contribution < -0.4 is 0 Å². The van der Waals surface area contributed by atoms with Gasteiger partial charge in [0.1, 0.15) is 0 Å². The van der Waals surface area contributed by atoms with Crippen molar-refractivity contribution >= 4 is 11.9 Å². The normalized spacial score (nSPS) is 27.1. The Morgan fingerprint density at radius 3 is 2.52 bits per heavy atom. The van der Waals surface area contributed by atoms with E-state index in [1.807, 2.05) is 0 Å². The molecule has 1 aromatic rings. The summed E-state index contributed by atoms with van der Waals surface area (Å²) in [5, 5.41) is 8.96. The lowest BCUT2D eigenvalue weighted by molar-refractivity contribution is -0.142. The van der Waals surface area contributed by atoms with Crippen LogP contribution in [0.3, 0.4) is 0 Å². The molecule has 2 aliphatic rings. The van der Waals surface area contributed by atoms with E-state index in [2.05, 4.69) is 0 Å². The first-order valence-electron chi connectivity index (χ1n) is 7.46. The summed E-state index contributed by atoms with van der Waals surface area (Å²) < 4.78 is 39.1. The molecule has 1 amide bonds. The van der Waals surface area contributed by atoms with Crippen LogP contribution in [0.15, 0.2) is 24.3 Å². The number of hydrogen-bond donors (Lipinski definition) is 1. The van der Waals surface area contributed by atoms with E-state index < -0.39 is 35.5 Å². The smallest absolute Gasteiger partial charge is 0.416 e.